The second kappa shape index (κ2) is 7.22. The Morgan fingerprint density at radius 2 is 2.29 bits per heavy atom. The Balaban J connectivity index is 1.52. The molecule has 1 aliphatic carbocycles. The van der Waals surface area contributed by atoms with Crippen LogP contribution in [0.5, 0.6) is 0 Å². The van der Waals surface area contributed by atoms with Crippen molar-refractivity contribution in [1.29, 1.82) is 0 Å². The number of aromatic nitrogens is 4. The van der Waals surface area contributed by atoms with E-state index < -0.39 is 0 Å². The molecule has 0 spiro atoms. The van der Waals surface area contributed by atoms with E-state index in [1.54, 1.807) is 12.7 Å². The summed E-state index contributed by atoms with van der Waals surface area (Å²) in [6, 6.07) is 0.725. The van der Waals surface area contributed by atoms with Crippen LogP contribution in [0.3, 0.4) is 0 Å². The van der Waals surface area contributed by atoms with E-state index in [0.29, 0.717) is 0 Å². The van der Waals surface area contributed by atoms with Gasteiger partial charge in [-0.15, -0.1) is 11.8 Å². The first-order valence-corrected chi connectivity index (χ1v) is 8.87. The molecule has 114 valence electrons. The van der Waals surface area contributed by atoms with Crippen molar-refractivity contribution in [2.24, 2.45) is 5.92 Å². The molecule has 1 aliphatic rings. The summed E-state index contributed by atoms with van der Waals surface area (Å²) in [6.07, 6.45) is 9.84. The molecule has 1 saturated carbocycles. The largest absolute Gasteiger partial charge is 0.341 e. The molecule has 0 saturated heterocycles. The van der Waals surface area contributed by atoms with E-state index >= 15 is 0 Å². The first-order chi connectivity index (χ1) is 10.4. The van der Waals surface area contributed by atoms with Crippen LogP contribution in [0.1, 0.15) is 39.0 Å². The highest BCUT2D eigenvalue weighted by Crippen LogP contribution is 2.31. The second-order valence-corrected chi connectivity index (χ2v) is 6.75. The lowest BCUT2D eigenvalue weighted by Crippen LogP contribution is -2.33. The van der Waals surface area contributed by atoms with Crippen LogP contribution < -0.4 is 5.32 Å². The molecule has 0 aliphatic heterocycles. The van der Waals surface area contributed by atoms with E-state index in [-0.39, 0.29) is 0 Å². The van der Waals surface area contributed by atoms with Crippen molar-refractivity contribution in [3.8, 4) is 0 Å². The Morgan fingerprint density at radius 1 is 1.33 bits per heavy atom. The maximum absolute atomic E-state index is 4.38. The predicted octanol–water partition coefficient (Wildman–Crippen LogP) is 3.00. The molecule has 5 nitrogen and oxygen atoms in total. The summed E-state index contributed by atoms with van der Waals surface area (Å²) in [5, 5.41) is 4.73. The summed E-state index contributed by atoms with van der Waals surface area (Å²) < 4.78 is 0. The van der Waals surface area contributed by atoms with Gasteiger partial charge in [-0.25, -0.2) is 15.0 Å². The number of aromatic amines is 1. The summed E-state index contributed by atoms with van der Waals surface area (Å²) in [7, 11) is 0. The Bertz CT molecular complexity index is 570. The molecule has 2 heterocycles. The topological polar surface area (TPSA) is 66.5 Å². The first kappa shape index (κ1) is 14.8. The highest BCUT2D eigenvalue weighted by atomic mass is 32.2. The summed E-state index contributed by atoms with van der Waals surface area (Å²) in [5.74, 6) is 1.93. The van der Waals surface area contributed by atoms with E-state index in [0.717, 1.165) is 40.4 Å². The minimum Gasteiger partial charge on any atom is -0.341 e. The van der Waals surface area contributed by atoms with E-state index in [9.17, 15) is 0 Å². The highest BCUT2D eigenvalue weighted by Gasteiger charge is 2.26. The first-order valence-electron chi connectivity index (χ1n) is 7.88. The molecule has 0 radical (unpaired) electrons. The van der Waals surface area contributed by atoms with Crippen LogP contribution >= 0.6 is 11.8 Å². The van der Waals surface area contributed by atoms with Gasteiger partial charge in [-0.2, -0.15) is 0 Å². The smallest absolute Gasteiger partial charge is 0.181 e. The van der Waals surface area contributed by atoms with Gasteiger partial charge in [0, 0.05) is 6.04 Å². The number of hydrogen-bond acceptors (Lipinski definition) is 5. The van der Waals surface area contributed by atoms with Gasteiger partial charge in [0.25, 0.3) is 0 Å². The Hall–Kier alpha value is -1.14. The minimum absolute atomic E-state index is 0.725. The molecule has 1 fully saturated rings. The number of nitrogens with zero attached hydrogens (tertiary/aromatic N) is 3. The van der Waals surface area contributed by atoms with Crippen molar-refractivity contribution in [3.63, 3.8) is 0 Å². The molecule has 2 aromatic heterocycles. The van der Waals surface area contributed by atoms with Gasteiger partial charge >= 0.3 is 0 Å². The molecule has 2 atom stereocenters. The van der Waals surface area contributed by atoms with Gasteiger partial charge in [-0.05, 0) is 43.9 Å². The fraction of sp³-hybridized carbons (Fsp3) is 0.667. The summed E-state index contributed by atoms with van der Waals surface area (Å²) in [4.78, 5) is 15.8. The van der Waals surface area contributed by atoms with Crippen molar-refractivity contribution >= 4 is 22.9 Å². The number of nitrogens with one attached hydrogen (secondary N) is 2. The van der Waals surface area contributed by atoms with Gasteiger partial charge in [0.05, 0.1) is 6.33 Å². The lowest BCUT2D eigenvalue weighted by Gasteiger charge is -2.20. The SMILES string of the molecule is CCCNC1CCCC1CCSc1ncnc2nc[nH]c12. The zero-order valence-electron chi connectivity index (χ0n) is 12.5. The van der Waals surface area contributed by atoms with Crippen LogP contribution in [0.15, 0.2) is 17.7 Å². The molecule has 2 aromatic rings. The van der Waals surface area contributed by atoms with E-state index in [4.69, 9.17) is 0 Å². The maximum atomic E-state index is 4.38. The number of fused-ring (bicyclic) bond motifs is 1. The average Bonchev–Trinajstić information content (AvgIpc) is 3.14. The van der Waals surface area contributed by atoms with Gasteiger partial charge in [0.2, 0.25) is 0 Å². The Kier molecular flexibility index (Phi) is 5.08. The molecular formula is C15H23N5S. The standard InChI is InChI=1S/C15H23N5S/c1-2-7-16-12-5-3-4-11(12)6-8-21-15-13-14(18-9-17-13)19-10-20-15/h9-12,16H,2-8H2,1H3,(H,17,18,19,20). The molecule has 6 heteroatoms. The zero-order chi connectivity index (χ0) is 14.5. The lowest BCUT2D eigenvalue weighted by atomic mass is 10.0. The normalized spacial score (nSPS) is 22.1. The zero-order valence-corrected chi connectivity index (χ0v) is 13.3. The summed E-state index contributed by atoms with van der Waals surface area (Å²) >= 11 is 1.82. The van der Waals surface area contributed by atoms with Crippen LogP contribution in [0.4, 0.5) is 0 Å². The number of H-pyrrole nitrogens is 1. The third-order valence-corrected chi connectivity index (χ3v) is 5.25. The van der Waals surface area contributed by atoms with E-state index in [1.807, 2.05) is 11.8 Å². The van der Waals surface area contributed by atoms with Gasteiger partial charge in [0.15, 0.2) is 5.65 Å². The minimum atomic E-state index is 0.725. The molecule has 21 heavy (non-hydrogen) atoms. The van der Waals surface area contributed by atoms with Gasteiger partial charge in [-0.3, -0.25) is 0 Å². The third kappa shape index (κ3) is 3.55. The van der Waals surface area contributed by atoms with Crippen LogP contribution in [0, 0.1) is 5.92 Å². The highest BCUT2D eigenvalue weighted by molar-refractivity contribution is 7.99. The fourth-order valence-electron chi connectivity index (χ4n) is 3.14. The van der Waals surface area contributed by atoms with Gasteiger partial charge in [-0.1, -0.05) is 13.3 Å². The molecule has 0 amide bonds. The number of thioether (sulfide) groups is 1. The van der Waals surface area contributed by atoms with Gasteiger partial charge in [0.1, 0.15) is 16.9 Å². The monoisotopic (exact) mass is 305 g/mol. The Labute approximate surface area is 129 Å². The number of imidazole rings is 1. The number of hydrogen-bond donors (Lipinski definition) is 2. The van der Waals surface area contributed by atoms with Crippen molar-refractivity contribution in [3.05, 3.63) is 12.7 Å². The molecule has 2 unspecified atom stereocenters. The van der Waals surface area contributed by atoms with Crippen molar-refractivity contribution < 1.29 is 0 Å². The quantitative estimate of drug-likeness (QED) is 0.608. The van der Waals surface area contributed by atoms with Crippen LogP contribution in [-0.4, -0.2) is 38.3 Å². The van der Waals surface area contributed by atoms with E-state index in [1.165, 1.54) is 32.1 Å². The predicted molar refractivity (Wildman–Crippen MR) is 86.4 cm³/mol. The second-order valence-electron chi connectivity index (χ2n) is 5.67. The van der Waals surface area contributed by atoms with Crippen molar-refractivity contribution in [2.45, 2.75) is 50.1 Å². The Morgan fingerprint density at radius 3 is 3.19 bits per heavy atom. The summed E-state index contributed by atoms with van der Waals surface area (Å²) in [6.45, 7) is 3.38. The van der Waals surface area contributed by atoms with Gasteiger partial charge < -0.3 is 10.3 Å². The molecule has 2 N–H and O–H groups in total. The maximum Gasteiger partial charge on any atom is 0.181 e. The average molecular weight is 305 g/mol. The number of rotatable bonds is 7. The third-order valence-electron chi connectivity index (χ3n) is 4.23. The molecule has 0 bridgehead atoms. The molecule has 0 aromatic carbocycles. The van der Waals surface area contributed by atoms with Crippen LogP contribution in [-0.2, 0) is 0 Å². The van der Waals surface area contributed by atoms with E-state index in [2.05, 4.69) is 32.2 Å². The van der Waals surface area contributed by atoms with Crippen molar-refractivity contribution in [1.82, 2.24) is 25.3 Å². The summed E-state index contributed by atoms with van der Waals surface area (Å²) in [5.41, 5.74) is 1.73. The van der Waals surface area contributed by atoms with Crippen molar-refractivity contribution in [2.75, 3.05) is 12.3 Å². The molecule has 3 rings (SSSR count). The lowest BCUT2D eigenvalue weighted by molar-refractivity contribution is 0.393. The molecular weight excluding hydrogens is 282 g/mol. The van der Waals surface area contributed by atoms with Crippen LogP contribution in [0.2, 0.25) is 0 Å². The van der Waals surface area contributed by atoms with Crippen LogP contribution in [0.25, 0.3) is 11.2 Å². The fourth-order valence-corrected chi connectivity index (χ4v) is 4.17.